The van der Waals surface area contributed by atoms with Crippen LogP contribution in [0.5, 0.6) is 0 Å². The number of nitrogens with zero attached hydrogens (tertiary/aromatic N) is 4. The van der Waals surface area contributed by atoms with Gasteiger partial charge < -0.3 is 5.11 Å². The number of benzene rings is 2. The number of alkyl halides is 3. The summed E-state index contributed by atoms with van der Waals surface area (Å²) >= 11 is 5.93. The number of hydrogen-bond donors (Lipinski definition) is 1. The van der Waals surface area contributed by atoms with Crippen molar-refractivity contribution in [2.24, 2.45) is 0 Å². The van der Waals surface area contributed by atoms with E-state index in [2.05, 4.69) is 9.97 Å². The number of sulfonamides is 1. The first-order chi connectivity index (χ1) is 17.8. The highest BCUT2D eigenvalue weighted by Gasteiger charge is 2.34. The number of carboxylic acid groups (broad SMARTS) is 1. The van der Waals surface area contributed by atoms with Gasteiger partial charge >= 0.3 is 12.3 Å². The summed E-state index contributed by atoms with van der Waals surface area (Å²) in [6, 6.07) is 11.2. The molecular formula is C25H22ClF3N4O4S. The molecule has 38 heavy (non-hydrogen) atoms. The Morgan fingerprint density at radius 1 is 1.13 bits per heavy atom. The zero-order valence-electron chi connectivity index (χ0n) is 20.2. The number of aromatic nitrogens is 3. The Morgan fingerprint density at radius 2 is 1.82 bits per heavy atom. The van der Waals surface area contributed by atoms with Gasteiger partial charge in [-0.1, -0.05) is 36.2 Å². The maximum absolute atomic E-state index is 13.3. The van der Waals surface area contributed by atoms with Crippen molar-refractivity contribution >= 4 is 38.8 Å². The lowest BCUT2D eigenvalue weighted by molar-refractivity contribution is -0.137. The molecule has 0 radical (unpaired) electrons. The van der Waals surface area contributed by atoms with Gasteiger partial charge in [0.1, 0.15) is 5.82 Å². The molecule has 0 saturated heterocycles. The van der Waals surface area contributed by atoms with Gasteiger partial charge in [0.05, 0.1) is 38.4 Å². The van der Waals surface area contributed by atoms with Gasteiger partial charge in [-0.25, -0.2) is 22.5 Å². The Balaban J connectivity index is 1.61. The number of amides is 1. The second kappa shape index (κ2) is 10.3. The molecule has 0 aliphatic carbocycles. The van der Waals surface area contributed by atoms with E-state index >= 15 is 0 Å². The maximum Gasteiger partial charge on any atom is 0.421 e. The van der Waals surface area contributed by atoms with E-state index in [1.165, 1.54) is 24.4 Å². The fraction of sp³-hybridized carbons (Fsp3) is 0.240. The number of halogens is 4. The van der Waals surface area contributed by atoms with Crippen molar-refractivity contribution in [3.63, 3.8) is 0 Å². The first kappa shape index (κ1) is 27.4. The highest BCUT2D eigenvalue weighted by molar-refractivity contribution is 7.89. The molecular weight excluding hydrogens is 545 g/mol. The van der Waals surface area contributed by atoms with Gasteiger partial charge in [-0.3, -0.25) is 9.55 Å². The molecule has 0 aliphatic heterocycles. The van der Waals surface area contributed by atoms with Crippen molar-refractivity contribution in [3.05, 3.63) is 82.4 Å². The average molecular weight is 567 g/mol. The van der Waals surface area contributed by atoms with E-state index in [0.717, 1.165) is 11.6 Å². The smallest absolute Gasteiger partial charge is 0.421 e. The number of fused-ring (bicyclic) bond motifs is 1. The van der Waals surface area contributed by atoms with Crippen LogP contribution >= 0.6 is 11.6 Å². The van der Waals surface area contributed by atoms with E-state index in [9.17, 15) is 31.5 Å². The zero-order chi connectivity index (χ0) is 27.8. The van der Waals surface area contributed by atoms with E-state index in [4.69, 9.17) is 11.6 Å². The molecule has 4 aromatic rings. The van der Waals surface area contributed by atoms with Crippen molar-refractivity contribution < 1.29 is 31.5 Å². The van der Waals surface area contributed by atoms with Crippen LogP contribution < -0.4 is 0 Å². The molecule has 2 aromatic heterocycles. The fourth-order valence-electron chi connectivity index (χ4n) is 3.96. The van der Waals surface area contributed by atoms with Crippen LogP contribution in [0.1, 0.15) is 29.6 Å². The largest absolute Gasteiger partial charge is 0.464 e. The fourth-order valence-corrected chi connectivity index (χ4v) is 5.50. The van der Waals surface area contributed by atoms with Crippen LogP contribution in [0.2, 0.25) is 5.02 Å². The molecule has 8 nitrogen and oxygen atoms in total. The summed E-state index contributed by atoms with van der Waals surface area (Å²) in [6.07, 6.45) is -4.36. The first-order valence-corrected chi connectivity index (χ1v) is 13.2. The van der Waals surface area contributed by atoms with Crippen molar-refractivity contribution in [3.8, 4) is 5.69 Å². The normalized spacial score (nSPS) is 12.2. The van der Waals surface area contributed by atoms with Crippen LogP contribution in [-0.2, 0) is 29.0 Å². The Bertz CT molecular complexity index is 1600. The zero-order valence-corrected chi connectivity index (χ0v) is 21.8. The highest BCUT2D eigenvalue weighted by atomic mass is 35.5. The quantitative estimate of drug-likeness (QED) is 0.300. The molecule has 2 aromatic carbocycles. The van der Waals surface area contributed by atoms with Gasteiger partial charge in [0.2, 0.25) is 0 Å². The maximum atomic E-state index is 13.3. The van der Waals surface area contributed by atoms with E-state index in [1.807, 2.05) is 0 Å². The first-order valence-electron chi connectivity index (χ1n) is 11.4. The molecule has 1 amide bonds. The van der Waals surface area contributed by atoms with Crippen molar-refractivity contribution in [1.82, 2.24) is 18.8 Å². The van der Waals surface area contributed by atoms with E-state index in [1.54, 1.807) is 42.7 Å². The monoisotopic (exact) mass is 566 g/mol. The summed E-state index contributed by atoms with van der Waals surface area (Å²) in [5.74, 6) is 0.492. The van der Waals surface area contributed by atoms with Crippen LogP contribution in [0.4, 0.5) is 18.0 Å². The molecule has 0 spiro atoms. The molecule has 0 bridgehead atoms. The summed E-state index contributed by atoms with van der Waals surface area (Å²) in [7, 11) is -4.28. The number of carbonyl (C=O) groups is 1. The summed E-state index contributed by atoms with van der Waals surface area (Å²) in [4.78, 5) is 20.3. The van der Waals surface area contributed by atoms with Crippen LogP contribution in [0.15, 0.2) is 59.6 Å². The Kier molecular flexibility index (Phi) is 7.39. The van der Waals surface area contributed by atoms with Crippen molar-refractivity contribution in [2.75, 3.05) is 6.54 Å². The summed E-state index contributed by atoms with van der Waals surface area (Å²) < 4.78 is 67.6. The molecule has 2 heterocycles. The average Bonchev–Trinajstić information content (AvgIpc) is 3.21. The summed E-state index contributed by atoms with van der Waals surface area (Å²) in [5, 5.41) is 9.10. The Hall–Kier alpha value is -3.64. The van der Waals surface area contributed by atoms with E-state index in [-0.39, 0.29) is 23.4 Å². The van der Waals surface area contributed by atoms with Gasteiger partial charge in [-0.15, -0.1) is 0 Å². The molecule has 0 saturated carbocycles. The molecule has 200 valence electrons. The minimum Gasteiger partial charge on any atom is -0.464 e. The van der Waals surface area contributed by atoms with Gasteiger partial charge in [0.25, 0.3) is 10.0 Å². The summed E-state index contributed by atoms with van der Waals surface area (Å²) in [6.45, 7) is 3.23. The van der Waals surface area contributed by atoms with Gasteiger partial charge in [-0.05, 0) is 43.3 Å². The lowest BCUT2D eigenvalue weighted by Gasteiger charge is -2.19. The molecule has 0 unspecified atom stereocenters. The van der Waals surface area contributed by atoms with Crippen molar-refractivity contribution in [1.29, 1.82) is 0 Å². The molecule has 0 atom stereocenters. The lowest BCUT2D eigenvalue weighted by Crippen LogP contribution is -2.37. The van der Waals surface area contributed by atoms with Crippen LogP contribution in [0.25, 0.3) is 16.7 Å². The van der Waals surface area contributed by atoms with Gasteiger partial charge in [0, 0.05) is 25.1 Å². The Labute approximate surface area is 221 Å². The molecule has 0 fully saturated rings. The molecule has 0 aliphatic rings. The van der Waals surface area contributed by atoms with Crippen LogP contribution in [0.3, 0.4) is 0 Å². The lowest BCUT2D eigenvalue weighted by atomic mass is 10.2. The standard InChI is InChI=1S/C25H22ClF3N4O4S/c1-3-23-31-21-12-19(25(27,28)29)20(26)13-22(21)33(23)17-7-6-16(30-14-17)10-11-32(24(34)35)38(36,37)18-8-4-15(2)5-9-18/h4-9,12-14H,3,10-11H2,1-2H3,(H,34,35). The molecule has 13 heteroatoms. The third-order valence-corrected chi connectivity index (χ3v) is 7.99. The minimum atomic E-state index is -4.62. The highest BCUT2D eigenvalue weighted by Crippen LogP contribution is 2.37. The van der Waals surface area contributed by atoms with Gasteiger partial charge in [0.15, 0.2) is 0 Å². The number of rotatable bonds is 7. The van der Waals surface area contributed by atoms with Crippen molar-refractivity contribution in [2.45, 2.75) is 37.8 Å². The molecule has 1 N–H and O–H groups in total. The third-order valence-electron chi connectivity index (χ3n) is 5.90. The number of aryl methyl sites for hydroxylation is 2. The second-order valence-corrected chi connectivity index (χ2v) is 10.7. The molecule has 4 rings (SSSR count). The predicted molar refractivity (Wildman–Crippen MR) is 135 cm³/mol. The van der Waals surface area contributed by atoms with Crippen LogP contribution in [-0.4, -0.2) is 45.0 Å². The topological polar surface area (TPSA) is 105 Å². The number of pyridine rings is 1. The van der Waals surface area contributed by atoms with Gasteiger partial charge in [-0.2, -0.15) is 13.2 Å². The number of hydrogen-bond acceptors (Lipinski definition) is 5. The SMILES string of the molecule is CCc1nc2cc(C(F)(F)F)c(Cl)cc2n1-c1ccc(CCN(C(=O)O)S(=O)(=O)c2ccc(C)cc2)nc1. The second-order valence-electron chi connectivity index (χ2n) is 8.47. The minimum absolute atomic E-state index is 0.00372. The number of imidazole rings is 1. The Morgan fingerprint density at radius 3 is 2.37 bits per heavy atom. The third kappa shape index (κ3) is 5.32. The van der Waals surface area contributed by atoms with E-state index in [0.29, 0.717) is 33.4 Å². The van der Waals surface area contributed by atoms with Crippen LogP contribution in [0, 0.1) is 6.92 Å². The van der Waals surface area contributed by atoms with E-state index < -0.39 is 32.9 Å². The predicted octanol–water partition coefficient (Wildman–Crippen LogP) is 5.87. The summed E-state index contributed by atoms with van der Waals surface area (Å²) in [5.41, 5.74) is 1.27.